The Hall–Kier alpha value is -2.47. The molecule has 0 bridgehead atoms. The van der Waals surface area contributed by atoms with Crippen molar-refractivity contribution in [2.45, 2.75) is 6.54 Å². The molecule has 2 heterocycles. The maximum atomic E-state index is 12.7. The number of nitrogens with zero attached hydrogens (tertiary/aromatic N) is 2. The third kappa shape index (κ3) is 3.03. The van der Waals surface area contributed by atoms with Crippen molar-refractivity contribution in [3.8, 4) is 0 Å². The molecule has 3 aromatic rings. The maximum Gasteiger partial charge on any atom is 0.339 e. The third-order valence-electron chi connectivity index (χ3n) is 3.56. The maximum absolute atomic E-state index is 12.7. The van der Waals surface area contributed by atoms with Gasteiger partial charge in [0.2, 0.25) is 0 Å². The summed E-state index contributed by atoms with van der Waals surface area (Å²) in [5.41, 5.74) is 1.13. The lowest BCUT2D eigenvalue weighted by Crippen LogP contribution is -2.23. The van der Waals surface area contributed by atoms with Crippen LogP contribution in [-0.2, 0) is 11.3 Å². The van der Waals surface area contributed by atoms with Gasteiger partial charge < -0.3 is 9.30 Å². The second kappa shape index (κ2) is 6.34. The standard InChI is InChI=1S/C17H13BrN2O3/c1-23-17(22)15-10-20(9-11-4-6-19-7-5-11)16(21)13-3-2-12(18)8-14(13)15/h2-8,10H,9H2,1H3. The van der Waals surface area contributed by atoms with Crippen molar-refractivity contribution < 1.29 is 9.53 Å². The van der Waals surface area contributed by atoms with E-state index < -0.39 is 5.97 Å². The smallest absolute Gasteiger partial charge is 0.339 e. The molecule has 0 amide bonds. The van der Waals surface area contributed by atoms with Crippen molar-refractivity contribution in [3.63, 3.8) is 0 Å². The van der Waals surface area contributed by atoms with Gasteiger partial charge in [0.1, 0.15) is 0 Å². The SMILES string of the molecule is COC(=O)c1cn(Cc2ccncc2)c(=O)c2ccc(Br)cc12. The lowest BCUT2D eigenvalue weighted by molar-refractivity contribution is 0.0602. The van der Waals surface area contributed by atoms with Crippen LogP contribution < -0.4 is 5.56 Å². The summed E-state index contributed by atoms with van der Waals surface area (Å²) in [4.78, 5) is 28.7. The topological polar surface area (TPSA) is 61.2 Å². The van der Waals surface area contributed by atoms with Gasteiger partial charge in [-0.15, -0.1) is 0 Å². The Morgan fingerprint density at radius 3 is 2.65 bits per heavy atom. The van der Waals surface area contributed by atoms with Crippen molar-refractivity contribution in [3.05, 3.63) is 74.9 Å². The van der Waals surface area contributed by atoms with E-state index in [2.05, 4.69) is 20.9 Å². The molecule has 0 fully saturated rings. The molecule has 0 saturated heterocycles. The highest BCUT2D eigenvalue weighted by Crippen LogP contribution is 2.21. The Kier molecular flexibility index (Phi) is 4.25. The van der Waals surface area contributed by atoms with E-state index in [0.717, 1.165) is 10.0 Å². The van der Waals surface area contributed by atoms with E-state index in [0.29, 0.717) is 22.9 Å². The van der Waals surface area contributed by atoms with E-state index in [1.807, 2.05) is 12.1 Å². The van der Waals surface area contributed by atoms with Gasteiger partial charge in [-0.25, -0.2) is 4.79 Å². The summed E-state index contributed by atoms with van der Waals surface area (Å²) in [7, 11) is 1.32. The summed E-state index contributed by atoms with van der Waals surface area (Å²) in [5.74, 6) is -0.475. The number of carbonyl (C=O) groups is 1. The summed E-state index contributed by atoms with van der Waals surface area (Å²) in [6, 6.07) is 8.89. The van der Waals surface area contributed by atoms with Crippen LogP contribution in [0.25, 0.3) is 10.8 Å². The largest absolute Gasteiger partial charge is 0.465 e. The number of aromatic nitrogens is 2. The highest BCUT2D eigenvalue weighted by molar-refractivity contribution is 9.10. The third-order valence-corrected chi connectivity index (χ3v) is 4.05. The first-order chi connectivity index (χ1) is 11.1. The summed E-state index contributed by atoms with van der Waals surface area (Å²) in [5, 5.41) is 1.05. The van der Waals surface area contributed by atoms with E-state index in [-0.39, 0.29) is 5.56 Å². The van der Waals surface area contributed by atoms with Gasteiger partial charge in [-0.1, -0.05) is 15.9 Å². The molecule has 3 rings (SSSR count). The Bertz CT molecular complexity index is 936. The molecule has 23 heavy (non-hydrogen) atoms. The fourth-order valence-corrected chi connectivity index (χ4v) is 2.80. The molecule has 0 spiro atoms. The van der Waals surface area contributed by atoms with Crippen molar-refractivity contribution in [2.24, 2.45) is 0 Å². The Morgan fingerprint density at radius 1 is 1.22 bits per heavy atom. The summed E-state index contributed by atoms with van der Waals surface area (Å²) < 4.78 is 7.15. The Balaban J connectivity index is 2.23. The van der Waals surface area contributed by atoms with Crippen LogP contribution in [0.1, 0.15) is 15.9 Å². The van der Waals surface area contributed by atoms with Gasteiger partial charge in [-0.05, 0) is 35.9 Å². The molecule has 0 atom stereocenters. The molecule has 0 saturated carbocycles. The van der Waals surface area contributed by atoms with Crippen LogP contribution in [0, 0.1) is 0 Å². The number of fused-ring (bicyclic) bond motifs is 1. The minimum Gasteiger partial charge on any atom is -0.465 e. The minimum atomic E-state index is -0.475. The number of hydrogen-bond donors (Lipinski definition) is 0. The van der Waals surface area contributed by atoms with Crippen molar-refractivity contribution in [1.29, 1.82) is 0 Å². The zero-order chi connectivity index (χ0) is 16.4. The zero-order valence-electron chi connectivity index (χ0n) is 12.3. The number of halogens is 1. The minimum absolute atomic E-state index is 0.156. The fourth-order valence-electron chi connectivity index (χ4n) is 2.44. The van der Waals surface area contributed by atoms with E-state index >= 15 is 0 Å². The zero-order valence-corrected chi connectivity index (χ0v) is 13.9. The first kappa shape index (κ1) is 15.4. The predicted molar refractivity (Wildman–Crippen MR) is 90.6 cm³/mol. The van der Waals surface area contributed by atoms with Crippen LogP contribution in [0.15, 0.2) is 58.2 Å². The van der Waals surface area contributed by atoms with Gasteiger partial charge in [0.15, 0.2) is 0 Å². The molecule has 2 aromatic heterocycles. The van der Waals surface area contributed by atoms with E-state index in [9.17, 15) is 9.59 Å². The van der Waals surface area contributed by atoms with Gasteiger partial charge in [-0.2, -0.15) is 0 Å². The lowest BCUT2D eigenvalue weighted by atomic mass is 10.1. The monoisotopic (exact) mass is 372 g/mol. The van der Waals surface area contributed by atoms with Crippen LogP contribution in [0.4, 0.5) is 0 Å². The van der Waals surface area contributed by atoms with Crippen molar-refractivity contribution in [1.82, 2.24) is 9.55 Å². The van der Waals surface area contributed by atoms with Gasteiger partial charge in [0.25, 0.3) is 5.56 Å². The second-order valence-corrected chi connectivity index (χ2v) is 5.93. The molecule has 0 aliphatic carbocycles. The first-order valence-corrected chi connectivity index (χ1v) is 7.69. The average molecular weight is 373 g/mol. The quantitative estimate of drug-likeness (QED) is 0.663. The Labute approximate surface area is 140 Å². The van der Waals surface area contributed by atoms with Crippen LogP contribution in [0.5, 0.6) is 0 Å². The number of esters is 1. The van der Waals surface area contributed by atoms with E-state index in [1.54, 1.807) is 36.8 Å². The molecule has 116 valence electrons. The highest BCUT2D eigenvalue weighted by Gasteiger charge is 2.15. The van der Waals surface area contributed by atoms with Gasteiger partial charge in [-0.3, -0.25) is 9.78 Å². The van der Waals surface area contributed by atoms with Gasteiger partial charge in [0.05, 0.1) is 19.2 Å². The molecule has 1 aromatic carbocycles. The van der Waals surface area contributed by atoms with E-state index in [1.165, 1.54) is 11.7 Å². The second-order valence-electron chi connectivity index (χ2n) is 5.01. The lowest BCUT2D eigenvalue weighted by Gasteiger charge is -2.11. The molecule has 0 aliphatic heterocycles. The summed E-state index contributed by atoms with van der Waals surface area (Å²) in [6.45, 7) is 0.358. The number of carbonyl (C=O) groups excluding carboxylic acids is 1. The molecule has 6 heteroatoms. The fraction of sp³-hybridized carbons (Fsp3) is 0.118. The van der Waals surface area contributed by atoms with Gasteiger partial charge >= 0.3 is 5.97 Å². The first-order valence-electron chi connectivity index (χ1n) is 6.90. The Morgan fingerprint density at radius 2 is 1.96 bits per heavy atom. The van der Waals surface area contributed by atoms with E-state index in [4.69, 9.17) is 4.74 Å². The number of hydrogen-bond acceptors (Lipinski definition) is 4. The highest BCUT2D eigenvalue weighted by atomic mass is 79.9. The normalized spacial score (nSPS) is 10.7. The number of ether oxygens (including phenoxy) is 1. The van der Waals surface area contributed by atoms with Crippen LogP contribution in [-0.4, -0.2) is 22.6 Å². The molecule has 5 nitrogen and oxygen atoms in total. The molecule has 0 N–H and O–H groups in total. The molecule has 0 aliphatic rings. The molecule has 0 radical (unpaired) electrons. The molecular weight excluding hydrogens is 360 g/mol. The van der Waals surface area contributed by atoms with Crippen molar-refractivity contribution in [2.75, 3.05) is 7.11 Å². The van der Waals surface area contributed by atoms with Crippen LogP contribution in [0.3, 0.4) is 0 Å². The number of methoxy groups -OCH3 is 1. The summed E-state index contributed by atoms with van der Waals surface area (Å²) >= 11 is 3.37. The van der Waals surface area contributed by atoms with Crippen LogP contribution in [0.2, 0.25) is 0 Å². The summed E-state index contributed by atoms with van der Waals surface area (Å²) in [6.07, 6.45) is 4.88. The van der Waals surface area contributed by atoms with Crippen LogP contribution >= 0.6 is 15.9 Å². The number of pyridine rings is 2. The predicted octanol–water partition coefficient (Wildman–Crippen LogP) is 2.99. The molecular formula is C17H13BrN2O3. The number of benzene rings is 1. The average Bonchev–Trinajstić information content (AvgIpc) is 2.57. The van der Waals surface area contributed by atoms with Crippen molar-refractivity contribution >= 4 is 32.7 Å². The molecule has 0 unspecified atom stereocenters. The van der Waals surface area contributed by atoms with Gasteiger partial charge in [0, 0.05) is 33.8 Å². The number of rotatable bonds is 3.